The molecule has 94 valence electrons. The summed E-state index contributed by atoms with van der Waals surface area (Å²) in [7, 11) is 0. The van der Waals surface area contributed by atoms with Crippen molar-refractivity contribution in [1.82, 2.24) is 14.9 Å². The molecular formula is C12H19BrN4. The van der Waals surface area contributed by atoms with Crippen molar-refractivity contribution in [3.05, 3.63) is 16.9 Å². The van der Waals surface area contributed by atoms with Gasteiger partial charge >= 0.3 is 0 Å². The van der Waals surface area contributed by atoms with E-state index in [0.717, 1.165) is 17.0 Å². The van der Waals surface area contributed by atoms with Gasteiger partial charge in [0.05, 0.1) is 4.47 Å². The quantitative estimate of drug-likeness (QED) is 0.927. The third kappa shape index (κ3) is 3.64. The number of likely N-dealkylation sites (tertiary alicyclic amines) is 1. The Hall–Kier alpha value is -0.680. The maximum absolute atomic E-state index is 4.21. The lowest BCUT2D eigenvalue weighted by Gasteiger charge is -2.20. The van der Waals surface area contributed by atoms with Gasteiger partial charge in [0.25, 0.3) is 0 Å². The molecule has 1 unspecified atom stereocenters. The van der Waals surface area contributed by atoms with E-state index in [1.165, 1.54) is 19.5 Å². The van der Waals surface area contributed by atoms with Crippen LogP contribution < -0.4 is 5.32 Å². The van der Waals surface area contributed by atoms with Gasteiger partial charge in [-0.25, -0.2) is 9.97 Å². The first kappa shape index (κ1) is 12.8. The Morgan fingerprint density at radius 2 is 2.18 bits per heavy atom. The van der Waals surface area contributed by atoms with E-state index in [1.807, 2.05) is 0 Å². The van der Waals surface area contributed by atoms with Crippen molar-refractivity contribution < 1.29 is 0 Å². The molecule has 1 aromatic heterocycles. The van der Waals surface area contributed by atoms with Gasteiger partial charge < -0.3 is 10.2 Å². The molecule has 0 aromatic carbocycles. The molecule has 0 bridgehead atoms. The zero-order chi connectivity index (χ0) is 12.3. The van der Waals surface area contributed by atoms with Crippen LogP contribution in [0, 0.1) is 5.92 Å². The SMILES string of the molecule is CC(C)N1CCC(CNc2ncc(Br)cn2)C1. The van der Waals surface area contributed by atoms with Crippen molar-refractivity contribution in [3.8, 4) is 0 Å². The number of anilines is 1. The average molecular weight is 299 g/mol. The normalized spacial score (nSPS) is 21.1. The van der Waals surface area contributed by atoms with E-state index in [2.05, 4.69) is 50.0 Å². The fourth-order valence-corrected chi connectivity index (χ4v) is 2.34. The summed E-state index contributed by atoms with van der Waals surface area (Å²) in [4.78, 5) is 10.9. The zero-order valence-corrected chi connectivity index (χ0v) is 11.9. The maximum Gasteiger partial charge on any atom is 0.222 e. The molecule has 1 fully saturated rings. The third-order valence-electron chi connectivity index (χ3n) is 3.22. The fraction of sp³-hybridized carbons (Fsp3) is 0.667. The van der Waals surface area contributed by atoms with Crippen LogP contribution in [0.3, 0.4) is 0 Å². The maximum atomic E-state index is 4.21. The van der Waals surface area contributed by atoms with Crippen molar-refractivity contribution in [1.29, 1.82) is 0 Å². The number of rotatable bonds is 4. The first-order chi connectivity index (χ1) is 8.15. The standard InChI is InChI=1S/C12H19BrN4/c1-9(2)17-4-3-10(8-17)5-14-12-15-6-11(13)7-16-12/h6-7,9-10H,3-5,8H2,1-2H3,(H,14,15,16). The Morgan fingerprint density at radius 1 is 1.47 bits per heavy atom. The first-order valence-corrected chi connectivity index (χ1v) is 6.90. The van der Waals surface area contributed by atoms with Crippen molar-refractivity contribution in [3.63, 3.8) is 0 Å². The largest absolute Gasteiger partial charge is 0.354 e. The molecule has 2 heterocycles. The zero-order valence-electron chi connectivity index (χ0n) is 10.4. The minimum absolute atomic E-state index is 0.656. The summed E-state index contributed by atoms with van der Waals surface area (Å²) in [6, 6.07) is 0.656. The van der Waals surface area contributed by atoms with E-state index in [0.29, 0.717) is 12.0 Å². The van der Waals surface area contributed by atoms with Crippen molar-refractivity contribution in [2.24, 2.45) is 5.92 Å². The smallest absolute Gasteiger partial charge is 0.222 e. The summed E-state index contributed by atoms with van der Waals surface area (Å²) in [6.07, 6.45) is 4.80. The van der Waals surface area contributed by atoms with Crippen LogP contribution in [-0.4, -0.2) is 40.5 Å². The highest BCUT2D eigenvalue weighted by Crippen LogP contribution is 2.18. The Labute approximate surface area is 111 Å². The van der Waals surface area contributed by atoms with Gasteiger partial charge in [-0.05, 0) is 48.7 Å². The van der Waals surface area contributed by atoms with Crippen molar-refractivity contribution in [2.75, 3.05) is 25.0 Å². The number of hydrogen-bond acceptors (Lipinski definition) is 4. The second-order valence-corrected chi connectivity index (χ2v) is 5.76. The number of halogens is 1. The third-order valence-corrected chi connectivity index (χ3v) is 3.63. The van der Waals surface area contributed by atoms with E-state index in [4.69, 9.17) is 0 Å². The fourth-order valence-electron chi connectivity index (χ4n) is 2.14. The number of nitrogens with zero attached hydrogens (tertiary/aromatic N) is 3. The Bertz CT molecular complexity index is 352. The molecule has 2 rings (SSSR count). The van der Waals surface area contributed by atoms with Crippen LogP contribution in [0.15, 0.2) is 16.9 Å². The Kier molecular flexibility index (Phi) is 4.34. The van der Waals surface area contributed by atoms with Crippen LogP contribution in [0.5, 0.6) is 0 Å². The molecule has 1 atom stereocenters. The summed E-state index contributed by atoms with van der Waals surface area (Å²) < 4.78 is 0.912. The summed E-state index contributed by atoms with van der Waals surface area (Å²) in [6.45, 7) is 7.87. The predicted octanol–water partition coefficient (Wildman–Crippen LogP) is 2.38. The van der Waals surface area contributed by atoms with Gasteiger partial charge in [0.2, 0.25) is 5.95 Å². The molecular weight excluding hydrogens is 280 g/mol. The van der Waals surface area contributed by atoms with E-state index < -0.39 is 0 Å². The van der Waals surface area contributed by atoms with Gasteiger partial charge in [-0.15, -0.1) is 0 Å². The van der Waals surface area contributed by atoms with Gasteiger partial charge in [-0.2, -0.15) is 0 Å². The highest BCUT2D eigenvalue weighted by Gasteiger charge is 2.23. The van der Waals surface area contributed by atoms with Crippen LogP contribution in [0.4, 0.5) is 5.95 Å². The predicted molar refractivity (Wildman–Crippen MR) is 73.0 cm³/mol. The van der Waals surface area contributed by atoms with Crippen LogP contribution in [0.2, 0.25) is 0 Å². The molecule has 0 aliphatic carbocycles. The Balaban J connectivity index is 1.78. The lowest BCUT2D eigenvalue weighted by molar-refractivity contribution is 0.266. The van der Waals surface area contributed by atoms with Gasteiger partial charge in [0.15, 0.2) is 0 Å². The lowest BCUT2D eigenvalue weighted by Crippen LogP contribution is -2.29. The Morgan fingerprint density at radius 3 is 2.76 bits per heavy atom. The summed E-state index contributed by atoms with van der Waals surface area (Å²) >= 11 is 3.33. The number of aromatic nitrogens is 2. The second-order valence-electron chi connectivity index (χ2n) is 4.85. The van der Waals surface area contributed by atoms with Crippen molar-refractivity contribution >= 4 is 21.9 Å². The number of nitrogens with one attached hydrogen (secondary N) is 1. The second kappa shape index (κ2) is 5.78. The molecule has 1 N–H and O–H groups in total. The van der Waals surface area contributed by atoms with Crippen LogP contribution in [-0.2, 0) is 0 Å². The van der Waals surface area contributed by atoms with E-state index in [-0.39, 0.29) is 0 Å². The summed E-state index contributed by atoms with van der Waals surface area (Å²) in [5.74, 6) is 1.43. The monoisotopic (exact) mass is 298 g/mol. The summed E-state index contributed by atoms with van der Waals surface area (Å²) in [5, 5.41) is 3.30. The van der Waals surface area contributed by atoms with Crippen LogP contribution >= 0.6 is 15.9 Å². The van der Waals surface area contributed by atoms with E-state index in [1.54, 1.807) is 12.4 Å². The topological polar surface area (TPSA) is 41.0 Å². The molecule has 0 amide bonds. The molecule has 17 heavy (non-hydrogen) atoms. The number of hydrogen-bond donors (Lipinski definition) is 1. The highest BCUT2D eigenvalue weighted by molar-refractivity contribution is 9.10. The minimum Gasteiger partial charge on any atom is -0.354 e. The molecule has 1 aliphatic heterocycles. The molecule has 0 saturated carbocycles. The molecule has 4 nitrogen and oxygen atoms in total. The van der Waals surface area contributed by atoms with Gasteiger partial charge in [-0.1, -0.05) is 0 Å². The molecule has 0 radical (unpaired) electrons. The summed E-state index contributed by atoms with van der Waals surface area (Å²) in [5.41, 5.74) is 0. The first-order valence-electron chi connectivity index (χ1n) is 6.10. The van der Waals surface area contributed by atoms with Crippen molar-refractivity contribution in [2.45, 2.75) is 26.3 Å². The minimum atomic E-state index is 0.656. The molecule has 0 spiro atoms. The van der Waals surface area contributed by atoms with E-state index in [9.17, 15) is 0 Å². The van der Waals surface area contributed by atoms with Gasteiger partial charge in [0.1, 0.15) is 0 Å². The average Bonchev–Trinajstić information content (AvgIpc) is 2.77. The van der Waals surface area contributed by atoms with Crippen LogP contribution in [0.1, 0.15) is 20.3 Å². The van der Waals surface area contributed by atoms with Gasteiger partial charge in [0, 0.05) is 31.5 Å². The highest BCUT2D eigenvalue weighted by atomic mass is 79.9. The molecule has 1 aromatic rings. The molecule has 1 aliphatic rings. The van der Waals surface area contributed by atoms with Crippen LogP contribution in [0.25, 0.3) is 0 Å². The van der Waals surface area contributed by atoms with E-state index >= 15 is 0 Å². The van der Waals surface area contributed by atoms with Gasteiger partial charge in [-0.3, -0.25) is 0 Å². The molecule has 5 heteroatoms. The lowest BCUT2D eigenvalue weighted by atomic mass is 10.1. The molecule has 1 saturated heterocycles.